The zero-order valence-electron chi connectivity index (χ0n) is 8.58. The van der Waals surface area contributed by atoms with Crippen LogP contribution in [0.4, 0.5) is 5.69 Å². The number of nitrogens with two attached hydrogens (primary N) is 1. The van der Waals surface area contributed by atoms with E-state index in [0.29, 0.717) is 6.42 Å². The molecule has 1 rings (SSSR count). The van der Waals surface area contributed by atoms with Crippen LogP contribution in [-0.2, 0) is 4.79 Å². The van der Waals surface area contributed by atoms with Crippen molar-refractivity contribution in [3.05, 3.63) is 34.9 Å². The standard InChI is InChI=1S/C12H15NO/c1-9-8-12(13)10(2)7-11(9)5-3-4-6-14/h3,5-8H,4,13H2,1-2H3. The van der Waals surface area contributed by atoms with E-state index in [-0.39, 0.29) is 0 Å². The van der Waals surface area contributed by atoms with Gasteiger partial charge in [0.15, 0.2) is 0 Å². The number of carbonyl (C=O) groups excluding carboxylic acids is 1. The van der Waals surface area contributed by atoms with E-state index >= 15 is 0 Å². The van der Waals surface area contributed by atoms with Gasteiger partial charge in [0.1, 0.15) is 6.29 Å². The number of carbonyl (C=O) groups is 1. The Balaban J connectivity index is 2.97. The van der Waals surface area contributed by atoms with E-state index in [1.54, 1.807) is 0 Å². The van der Waals surface area contributed by atoms with Gasteiger partial charge in [0.2, 0.25) is 0 Å². The number of hydrogen-bond acceptors (Lipinski definition) is 2. The molecular formula is C12H15NO. The van der Waals surface area contributed by atoms with Crippen LogP contribution in [0.1, 0.15) is 23.1 Å². The molecule has 0 saturated carbocycles. The molecule has 14 heavy (non-hydrogen) atoms. The summed E-state index contributed by atoms with van der Waals surface area (Å²) in [4.78, 5) is 10.1. The molecule has 0 aliphatic heterocycles. The normalized spacial score (nSPS) is 10.7. The Hall–Kier alpha value is -1.57. The van der Waals surface area contributed by atoms with E-state index in [2.05, 4.69) is 0 Å². The number of aryl methyl sites for hydroxylation is 2. The van der Waals surface area contributed by atoms with Crippen molar-refractivity contribution in [1.82, 2.24) is 0 Å². The highest BCUT2D eigenvalue weighted by atomic mass is 16.1. The zero-order valence-corrected chi connectivity index (χ0v) is 8.58. The molecule has 0 saturated heterocycles. The third-order valence-corrected chi connectivity index (χ3v) is 2.18. The molecule has 1 aromatic rings. The average Bonchev–Trinajstić information content (AvgIpc) is 2.14. The van der Waals surface area contributed by atoms with Crippen molar-refractivity contribution in [2.45, 2.75) is 20.3 Å². The van der Waals surface area contributed by atoms with Crippen LogP contribution in [0.25, 0.3) is 6.08 Å². The second-order valence-corrected chi connectivity index (χ2v) is 3.37. The van der Waals surface area contributed by atoms with Crippen LogP contribution in [0.3, 0.4) is 0 Å². The summed E-state index contributed by atoms with van der Waals surface area (Å²) in [5.74, 6) is 0. The van der Waals surface area contributed by atoms with E-state index in [0.717, 1.165) is 28.7 Å². The summed E-state index contributed by atoms with van der Waals surface area (Å²) in [6.07, 6.45) is 5.15. The predicted molar refractivity (Wildman–Crippen MR) is 60.0 cm³/mol. The Morgan fingerprint density at radius 3 is 2.64 bits per heavy atom. The van der Waals surface area contributed by atoms with Gasteiger partial charge in [-0.05, 0) is 42.7 Å². The van der Waals surface area contributed by atoms with Crippen molar-refractivity contribution < 1.29 is 4.79 Å². The number of hydrogen-bond donors (Lipinski definition) is 1. The van der Waals surface area contributed by atoms with Crippen molar-refractivity contribution in [3.8, 4) is 0 Å². The summed E-state index contributed by atoms with van der Waals surface area (Å²) < 4.78 is 0. The third-order valence-electron chi connectivity index (χ3n) is 2.18. The maximum Gasteiger partial charge on any atom is 0.123 e. The highest BCUT2D eigenvalue weighted by Gasteiger charge is 1.98. The number of allylic oxidation sites excluding steroid dienone is 1. The van der Waals surface area contributed by atoms with E-state index in [4.69, 9.17) is 5.73 Å². The van der Waals surface area contributed by atoms with Crippen LogP contribution in [0.5, 0.6) is 0 Å². The van der Waals surface area contributed by atoms with E-state index in [1.165, 1.54) is 0 Å². The van der Waals surface area contributed by atoms with Crippen LogP contribution in [0.15, 0.2) is 18.2 Å². The largest absolute Gasteiger partial charge is 0.399 e. The number of aldehydes is 1. The van der Waals surface area contributed by atoms with Gasteiger partial charge >= 0.3 is 0 Å². The molecule has 74 valence electrons. The van der Waals surface area contributed by atoms with Crippen molar-refractivity contribution in [2.24, 2.45) is 0 Å². The third kappa shape index (κ3) is 2.46. The molecule has 0 unspecified atom stereocenters. The maximum absolute atomic E-state index is 10.1. The molecule has 2 nitrogen and oxygen atoms in total. The molecule has 0 radical (unpaired) electrons. The Labute approximate surface area is 84.4 Å². The first-order valence-corrected chi connectivity index (χ1v) is 4.62. The van der Waals surface area contributed by atoms with Gasteiger partial charge in [-0.15, -0.1) is 0 Å². The Kier molecular flexibility index (Phi) is 3.46. The van der Waals surface area contributed by atoms with Crippen molar-refractivity contribution >= 4 is 18.0 Å². The molecule has 2 heteroatoms. The fourth-order valence-corrected chi connectivity index (χ4v) is 1.29. The molecule has 0 aliphatic carbocycles. The highest BCUT2D eigenvalue weighted by molar-refractivity contribution is 5.63. The minimum atomic E-state index is 0.461. The van der Waals surface area contributed by atoms with Crippen LogP contribution in [0.2, 0.25) is 0 Å². The monoisotopic (exact) mass is 189 g/mol. The minimum Gasteiger partial charge on any atom is -0.399 e. The number of anilines is 1. The lowest BCUT2D eigenvalue weighted by Gasteiger charge is -2.05. The maximum atomic E-state index is 10.1. The second kappa shape index (κ2) is 4.61. The Bertz CT molecular complexity index is 367. The minimum absolute atomic E-state index is 0.461. The van der Waals surface area contributed by atoms with Gasteiger partial charge in [0.05, 0.1) is 0 Å². The van der Waals surface area contributed by atoms with Gasteiger partial charge in [-0.2, -0.15) is 0 Å². The van der Waals surface area contributed by atoms with Crippen LogP contribution in [-0.4, -0.2) is 6.29 Å². The van der Waals surface area contributed by atoms with E-state index in [9.17, 15) is 4.79 Å². The average molecular weight is 189 g/mol. The first-order chi connectivity index (χ1) is 6.65. The molecule has 0 aromatic heterocycles. The Morgan fingerprint density at radius 2 is 2.00 bits per heavy atom. The van der Waals surface area contributed by atoms with Crippen molar-refractivity contribution in [2.75, 3.05) is 5.73 Å². The summed E-state index contributed by atoms with van der Waals surface area (Å²) in [6.45, 7) is 3.99. The van der Waals surface area contributed by atoms with Crippen LogP contribution < -0.4 is 5.73 Å². The topological polar surface area (TPSA) is 43.1 Å². The fraction of sp³-hybridized carbons (Fsp3) is 0.250. The molecule has 0 heterocycles. The molecule has 0 bridgehead atoms. The van der Waals surface area contributed by atoms with E-state index in [1.807, 2.05) is 38.1 Å². The SMILES string of the molecule is Cc1cc(C=CCC=O)c(C)cc1N. The van der Waals surface area contributed by atoms with Crippen LogP contribution >= 0.6 is 0 Å². The molecule has 0 atom stereocenters. The smallest absolute Gasteiger partial charge is 0.123 e. The lowest BCUT2D eigenvalue weighted by molar-refractivity contribution is -0.107. The van der Waals surface area contributed by atoms with Crippen LogP contribution in [0, 0.1) is 13.8 Å². The summed E-state index contributed by atoms with van der Waals surface area (Å²) in [6, 6.07) is 3.99. The quantitative estimate of drug-likeness (QED) is 0.586. The molecule has 0 fully saturated rings. The van der Waals surface area contributed by atoms with Crippen molar-refractivity contribution in [1.29, 1.82) is 0 Å². The molecule has 0 amide bonds. The zero-order chi connectivity index (χ0) is 10.6. The first kappa shape index (κ1) is 10.5. The van der Waals surface area contributed by atoms with Gasteiger partial charge in [-0.3, -0.25) is 0 Å². The van der Waals surface area contributed by atoms with Gasteiger partial charge < -0.3 is 10.5 Å². The van der Waals surface area contributed by atoms with Gasteiger partial charge in [-0.1, -0.05) is 12.2 Å². The lowest BCUT2D eigenvalue weighted by atomic mass is 10.0. The lowest BCUT2D eigenvalue weighted by Crippen LogP contribution is -1.92. The van der Waals surface area contributed by atoms with Crippen molar-refractivity contribution in [3.63, 3.8) is 0 Å². The molecule has 0 spiro atoms. The summed E-state index contributed by atoms with van der Waals surface area (Å²) in [5, 5.41) is 0. The molecular weight excluding hydrogens is 174 g/mol. The first-order valence-electron chi connectivity index (χ1n) is 4.62. The molecule has 0 aliphatic rings. The second-order valence-electron chi connectivity index (χ2n) is 3.37. The molecule has 2 N–H and O–H groups in total. The highest BCUT2D eigenvalue weighted by Crippen LogP contribution is 2.18. The van der Waals surface area contributed by atoms with Gasteiger partial charge in [-0.25, -0.2) is 0 Å². The van der Waals surface area contributed by atoms with E-state index < -0.39 is 0 Å². The fourth-order valence-electron chi connectivity index (χ4n) is 1.29. The Morgan fingerprint density at radius 1 is 1.29 bits per heavy atom. The van der Waals surface area contributed by atoms with Gasteiger partial charge in [0, 0.05) is 12.1 Å². The predicted octanol–water partition coefficient (Wildman–Crippen LogP) is 2.49. The number of benzene rings is 1. The summed E-state index contributed by atoms with van der Waals surface area (Å²) in [7, 11) is 0. The summed E-state index contributed by atoms with van der Waals surface area (Å²) >= 11 is 0. The molecule has 1 aromatic carbocycles. The summed E-state index contributed by atoms with van der Waals surface area (Å²) in [5.41, 5.74) is 9.91. The van der Waals surface area contributed by atoms with Gasteiger partial charge in [0.25, 0.3) is 0 Å². The number of rotatable bonds is 3. The number of nitrogen functional groups attached to an aromatic ring is 1.